The fourth-order valence-corrected chi connectivity index (χ4v) is 4.59. The number of unbranched alkanes of at least 4 members (excludes halogenated alkanes) is 1. The Kier molecular flexibility index (Phi) is 6.17. The minimum atomic E-state index is -0.415. The molecule has 2 aliphatic rings. The van der Waals surface area contributed by atoms with Gasteiger partial charge in [-0.3, -0.25) is 9.69 Å². The van der Waals surface area contributed by atoms with Gasteiger partial charge in [-0.15, -0.1) is 0 Å². The van der Waals surface area contributed by atoms with Crippen LogP contribution in [0.3, 0.4) is 0 Å². The first-order valence-electron chi connectivity index (χ1n) is 11.5. The molecule has 5 rings (SSSR count). The Morgan fingerprint density at radius 3 is 2.68 bits per heavy atom. The molecule has 8 nitrogen and oxygen atoms in total. The van der Waals surface area contributed by atoms with Crippen LogP contribution in [0, 0.1) is 0 Å². The number of aryl methyl sites for hydroxylation is 1. The van der Waals surface area contributed by atoms with Gasteiger partial charge in [0.25, 0.3) is 0 Å². The molecule has 0 spiro atoms. The number of carbonyl (C=O) groups excluding carboxylic acids is 1. The van der Waals surface area contributed by atoms with Crippen LogP contribution >= 0.6 is 0 Å². The Morgan fingerprint density at radius 2 is 1.88 bits per heavy atom. The Balaban J connectivity index is 1.39. The third-order valence-corrected chi connectivity index (χ3v) is 6.37. The van der Waals surface area contributed by atoms with Crippen LogP contribution in [-0.2, 0) is 11.3 Å². The Morgan fingerprint density at radius 1 is 1.09 bits per heavy atom. The number of methoxy groups -OCH3 is 1. The van der Waals surface area contributed by atoms with Crippen molar-refractivity contribution < 1.29 is 29.2 Å². The summed E-state index contributed by atoms with van der Waals surface area (Å²) in [7, 11) is 1.62. The number of allylic oxidation sites excluding steroid dienone is 1. The van der Waals surface area contributed by atoms with Crippen molar-refractivity contribution in [1.82, 2.24) is 9.47 Å². The normalized spacial score (nSPS) is 17.3. The SMILES string of the molecule is COc1ccc2c(c1)c(/C=C1\Oc3cc(O)cc(O)c3C1=O)cn2CCCCN1CCOCC1. The highest BCUT2D eigenvalue weighted by atomic mass is 16.5. The van der Waals surface area contributed by atoms with Crippen LogP contribution in [0.2, 0.25) is 0 Å². The van der Waals surface area contributed by atoms with E-state index in [0.717, 1.165) is 80.5 Å². The minimum Gasteiger partial charge on any atom is -0.508 e. The van der Waals surface area contributed by atoms with E-state index in [0.29, 0.717) is 0 Å². The van der Waals surface area contributed by atoms with Gasteiger partial charge in [0.1, 0.15) is 28.6 Å². The number of aromatic nitrogens is 1. The average molecular weight is 465 g/mol. The zero-order valence-electron chi connectivity index (χ0n) is 19.1. The second-order valence-corrected chi connectivity index (χ2v) is 8.60. The molecular weight excluding hydrogens is 436 g/mol. The molecule has 0 unspecified atom stereocenters. The molecule has 178 valence electrons. The number of ether oxygens (including phenoxy) is 3. The molecule has 2 aromatic carbocycles. The number of ketones is 1. The van der Waals surface area contributed by atoms with Crippen molar-refractivity contribution in [3.8, 4) is 23.0 Å². The third-order valence-electron chi connectivity index (χ3n) is 6.37. The first-order valence-corrected chi connectivity index (χ1v) is 11.5. The Hall–Kier alpha value is -3.49. The molecule has 0 radical (unpaired) electrons. The monoisotopic (exact) mass is 464 g/mol. The van der Waals surface area contributed by atoms with E-state index in [1.165, 1.54) is 6.07 Å². The lowest BCUT2D eigenvalue weighted by Gasteiger charge is -2.26. The highest BCUT2D eigenvalue weighted by molar-refractivity contribution is 6.16. The number of fused-ring (bicyclic) bond motifs is 2. The molecule has 0 bridgehead atoms. The number of morpholine rings is 1. The summed E-state index contributed by atoms with van der Waals surface area (Å²) in [5, 5.41) is 20.8. The summed E-state index contributed by atoms with van der Waals surface area (Å²) in [6.45, 7) is 5.51. The molecule has 1 fully saturated rings. The van der Waals surface area contributed by atoms with Gasteiger partial charge in [0.05, 0.1) is 20.3 Å². The number of Topliss-reactive ketones (excluding diaryl/α,β-unsaturated/α-hetero) is 1. The van der Waals surface area contributed by atoms with E-state index in [2.05, 4.69) is 9.47 Å². The van der Waals surface area contributed by atoms with Crippen LogP contribution in [0.4, 0.5) is 0 Å². The van der Waals surface area contributed by atoms with E-state index >= 15 is 0 Å². The maximum atomic E-state index is 12.9. The second-order valence-electron chi connectivity index (χ2n) is 8.60. The van der Waals surface area contributed by atoms with Crippen molar-refractivity contribution in [3.05, 3.63) is 53.4 Å². The van der Waals surface area contributed by atoms with E-state index in [1.54, 1.807) is 13.2 Å². The van der Waals surface area contributed by atoms with Gasteiger partial charge in [-0.25, -0.2) is 0 Å². The van der Waals surface area contributed by atoms with Gasteiger partial charge in [-0.05, 0) is 43.7 Å². The average Bonchev–Trinajstić information content (AvgIpc) is 3.34. The van der Waals surface area contributed by atoms with E-state index in [-0.39, 0.29) is 28.6 Å². The Bertz CT molecular complexity index is 1260. The number of rotatable bonds is 7. The molecule has 2 N–H and O–H groups in total. The van der Waals surface area contributed by atoms with Crippen LogP contribution in [0.1, 0.15) is 28.8 Å². The predicted octanol–water partition coefficient (Wildman–Crippen LogP) is 3.79. The maximum Gasteiger partial charge on any atom is 0.235 e. The van der Waals surface area contributed by atoms with Crippen molar-refractivity contribution in [2.24, 2.45) is 0 Å². The van der Waals surface area contributed by atoms with Gasteiger partial charge < -0.3 is 29.0 Å². The van der Waals surface area contributed by atoms with Crippen molar-refractivity contribution in [3.63, 3.8) is 0 Å². The standard InChI is InChI=1S/C26H28N2O6/c1-32-19-4-5-21-20(15-19)17(16-28(21)7-3-2-6-27-8-10-33-11-9-27)12-24-26(31)25-22(30)13-18(29)14-23(25)34-24/h4-5,12-16,29-30H,2-3,6-11H2,1H3/b24-12-. The number of carbonyl (C=O) groups is 1. The highest BCUT2D eigenvalue weighted by Gasteiger charge is 2.31. The Labute approximate surface area is 197 Å². The van der Waals surface area contributed by atoms with Gasteiger partial charge in [-0.1, -0.05) is 0 Å². The zero-order valence-corrected chi connectivity index (χ0v) is 19.1. The number of nitrogens with zero attached hydrogens (tertiary/aromatic N) is 2. The molecular formula is C26H28N2O6. The summed E-state index contributed by atoms with van der Waals surface area (Å²) in [5.74, 6) is 0.100. The molecule has 3 aromatic rings. The second kappa shape index (κ2) is 9.40. The van der Waals surface area contributed by atoms with Gasteiger partial charge >= 0.3 is 0 Å². The van der Waals surface area contributed by atoms with E-state index in [9.17, 15) is 15.0 Å². The molecule has 2 aliphatic heterocycles. The van der Waals surface area contributed by atoms with Crippen LogP contribution in [0.5, 0.6) is 23.0 Å². The molecule has 1 saturated heterocycles. The number of hydrogen-bond donors (Lipinski definition) is 2. The molecule has 8 heteroatoms. The summed E-state index contributed by atoms with van der Waals surface area (Å²) in [6, 6.07) is 8.36. The van der Waals surface area contributed by atoms with Gasteiger partial charge in [-0.2, -0.15) is 0 Å². The first kappa shape index (κ1) is 22.3. The number of phenolic OH excluding ortho intramolecular Hbond substituents is 2. The number of benzene rings is 2. The highest BCUT2D eigenvalue weighted by Crippen LogP contribution is 2.41. The quantitative estimate of drug-likeness (QED) is 0.406. The molecule has 3 heterocycles. The molecule has 0 saturated carbocycles. The van der Waals surface area contributed by atoms with E-state index in [4.69, 9.17) is 14.2 Å². The van der Waals surface area contributed by atoms with Crippen LogP contribution in [0.15, 0.2) is 42.3 Å². The fraction of sp³-hybridized carbons (Fsp3) is 0.346. The van der Waals surface area contributed by atoms with Crippen LogP contribution in [-0.4, -0.2) is 65.4 Å². The summed E-state index contributed by atoms with van der Waals surface area (Å²) in [6.07, 6.45) is 5.82. The number of hydrogen-bond acceptors (Lipinski definition) is 7. The van der Waals surface area contributed by atoms with Gasteiger partial charge in [0, 0.05) is 54.4 Å². The summed E-state index contributed by atoms with van der Waals surface area (Å²) in [5.41, 5.74) is 1.93. The molecule has 0 amide bonds. The molecule has 34 heavy (non-hydrogen) atoms. The first-order chi connectivity index (χ1) is 16.5. The predicted molar refractivity (Wildman–Crippen MR) is 128 cm³/mol. The minimum absolute atomic E-state index is 0.0634. The largest absolute Gasteiger partial charge is 0.508 e. The summed E-state index contributed by atoms with van der Waals surface area (Å²) >= 11 is 0. The zero-order chi connectivity index (χ0) is 23.7. The fourth-order valence-electron chi connectivity index (χ4n) is 4.59. The lowest BCUT2D eigenvalue weighted by Crippen LogP contribution is -2.36. The topological polar surface area (TPSA) is 93.4 Å². The van der Waals surface area contributed by atoms with Gasteiger partial charge in [0.15, 0.2) is 5.76 Å². The lowest BCUT2D eigenvalue weighted by molar-refractivity contribution is 0.0371. The lowest BCUT2D eigenvalue weighted by atomic mass is 10.1. The number of aromatic hydroxyl groups is 2. The van der Waals surface area contributed by atoms with E-state index in [1.807, 2.05) is 24.4 Å². The van der Waals surface area contributed by atoms with Crippen molar-refractivity contribution in [1.29, 1.82) is 0 Å². The van der Waals surface area contributed by atoms with Crippen molar-refractivity contribution in [2.75, 3.05) is 40.0 Å². The van der Waals surface area contributed by atoms with Crippen molar-refractivity contribution in [2.45, 2.75) is 19.4 Å². The third kappa shape index (κ3) is 4.34. The summed E-state index contributed by atoms with van der Waals surface area (Å²) < 4.78 is 18.7. The number of phenols is 2. The summed E-state index contributed by atoms with van der Waals surface area (Å²) in [4.78, 5) is 15.3. The molecule has 0 atom stereocenters. The molecule has 0 aliphatic carbocycles. The molecule has 1 aromatic heterocycles. The van der Waals surface area contributed by atoms with Crippen molar-refractivity contribution >= 4 is 22.8 Å². The maximum absolute atomic E-state index is 12.9. The van der Waals surface area contributed by atoms with E-state index < -0.39 is 5.78 Å². The van der Waals surface area contributed by atoms with Crippen LogP contribution in [0.25, 0.3) is 17.0 Å². The van der Waals surface area contributed by atoms with Crippen LogP contribution < -0.4 is 9.47 Å². The smallest absolute Gasteiger partial charge is 0.235 e. The van der Waals surface area contributed by atoms with Gasteiger partial charge in [0.2, 0.25) is 5.78 Å².